The van der Waals surface area contributed by atoms with Crippen LogP contribution < -0.4 is 5.73 Å². The van der Waals surface area contributed by atoms with Crippen molar-refractivity contribution >= 4 is 0 Å². The molecular formula is C12H25NO. The van der Waals surface area contributed by atoms with Gasteiger partial charge in [0.15, 0.2) is 0 Å². The third kappa shape index (κ3) is 3.43. The van der Waals surface area contributed by atoms with E-state index < -0.39 is 0 Å². The highest BCUT2D eigenvalue weighted by atomic mass is 16.5. The lowest BCUT2D eigenvalue weighted by atomic mass is 9.85. The van der Waals surface area contributed by atoms with Crippen molar-refractivity contribution in [2.24, 2.45) is 5.73 Å². The fourth-order valence-electron chi connectivity index (χ4n) is 1.88. The van der Waals surface area contributed by atoms with Gasteiger partial charge in [0.25, 0.3) is 0 Å². The Morgan fingerprint density at radius 1 is 1.43 bits per heavy atom. The van der Waals surface area contributed by atoms with Crippen LogP contribution in [0, 0.1) is 0 Å². The molecule has 0 heterocycles. The average Bonchev–Trinajstić information content (AvgIpc) is 2.18. The first kappa shape index (κ1) is 13.7. The van der Waals surface area contributed by atoms with Crippen molar-refractivity contribution in [1.29, 1.82) is 0 Å². The molecule has 84 valence electrons. The van der Waals surface area contributed by atoms with E-state index in [1.54, 1.807) is 7.11 Å². The molecule has 0 spiro atoms. The van der Waals surface area contributed by atoms with Crippen molar-refractivity contribution < 1.29 is 4.74 Å². The Balaban J connectivity index is 4.28. The zero-order chi connectivity index (χ0) is 11.2. The fraction of sp³-hybridized carbons (Fsp3) is 0.833. The molecule has 2 nitrogen and oxygen atoms in total. The number of ether oxygens (including phenoxy) is 1. The first-order valence-electron chi connectivity index (χ1n) is 5.47. The monoisotopic (exact) mass is 199 g/mol. The van der Waals surface area contributed by atoms with E-state index in [0.29, 0.717) is 0 Å². The summed E-state index contributed by atoms with van der Waals surface area (Å²) in [5, 5.41) is 0. The summed E-state index contributed by atoms with van der Waals surface area (Å²) in [7, 11) is 1.76. The summed E-state index contributed by atoms with van der Waals surface area (Å²) in [6.45, 7) is 10.2. The van der Waals surface area contributed by atoms with Crippen LogP contribution in [0.15, 0.2) is 12.2 Å². The van der Waals surface area contributed by atoms with Crippen LogP contribution in [-0.4, -0.2) is 18.8 Å². The molecule has 0 aliphatic heterocycles. The molecule has 0 bridgehead atoms. The van der Waals surface area contributed by atoms with Gasteiger partial charge in [0.2, 0.25) is 0 Å². The van der Waals surface area contributed by atoms with Crippen molar-refractivity contribution in [2.45, 2.75) is 58.1 Å². The lowest BCUT2D eigenvalue weighted by Gasteiger charge is -2.36. The number of hydrogen-bond acceptors (Lipinski definition) is 2. The molecule has 1 unspecified atom stereocenters. The van der Waals surface area contributed by atoms with Crippen LogP contribution in [0.4, 0.5) is 0 Å². The van der Waals surface area contributed by atoms with Gasteiger partial charge in [0, 0.05) is 13.2 Å². The molecule has 0 fully saturated rings. The van der Waals surface area contributed by atoms with E-state index in [2.05, 4.69) is 20.4 Å². The molecule has 0 saturated carbocycles. The molecule has 0 aromatic heterocycles. The fourth-order valence-corrected chi connectivity index (χ4v) is 1.88. The van der Waals surface area contributed by atoms with Gasteiger partial charge >= 0.3 is 0 Å². The van der Waals surface area contributed by atoms with E-state index >= 15 is 0 Å². The maximum absolute atomic E-state index is 6.17. The van der Waals surface area contributed by atoms with E-state index in [1.165, 1.54) is 5.57 Å². The molecule has 0 aromatic carbocycles. The van der Waals surface area contributed by atoms with Crippen molar-refractivity contribution in [3.05, 3.63) is 12.2 Å². The molecule has 0 aliphatic rings. The van der Waals surface area contributed by atoms with Crippen LogP contribution in [0.1, 0.15) is 46.5 Å². The minimum absolute atomic E-state index is 0.110. The number of nitrogens with two attached hydrogens (primary N) is 1. The smallest absolute Gasteiger partial charge is 0.0823 e. The third-order valence-electron chi connectivity index (χ3n) is 3.16. The van der Waals surface area contributed by atoms with E-state index in [9.17, 15) is 0 Å². The number of methoxy groups -OCH3 is 1. The topological polar surface area (TPSA) is 35.2 Å². The molecule has 2 heteroatoms. The maximum atomic E-state index is 6.17. The molecule has 1 atom stereocenters. The van der Waals surface area contributed by atoms with E-state index in [1.807, 2.05) is 6.92 Å². The quantitative estimate of drug-likeness (QED) is 0.640. The summed E-state index contributed by atoms with van der Waals surface area (Å²) in [6.07, 6.45) is 3.89. The van der Waals surface area contributed by atoms with Crippen LogP contribution in [0.5, 0.6) is 0 Å². The summed E-state index contributed by atoms with van der Waals surface area (Å²) in [6, 6.07) is 0.110. The molecule has 0 saturated heterocycles. The molecular weight excluding hydrogens is 174 g/mol. The standard InChI is InChI=1S/C12H25NO/c1-6-12(7-2,14-5)11(13)9-8-10(3)4/h11H,3,6-9,13H2,1-2,4-5H3. The normalized spacial score (nSPS) is 14.1. The van der Waals surface area contributed by atoms with Crippen molar-refractivity contribution in [3.63, 3.8) is 0 Å². The van der Waals surface area contributed by atoms with Gasteiger partial charge in [0.05, 0.1) is 5.60 Å². The van der Waals surface area contributed by atoms with Crippen molar-refractivity contribution in [3.8, 4) is 0 Å². The molecule has 2 N–H and O–H groups in total. The lowest BCUT2D eigenvalue weighted by molar-refractivity contribution is -0.0393. The summed E-state index contributed by atoms with van der Waals surface area (Å²) in [5.41, 5.74) is 7.22. The van der Waals surface area contributed by atoms with Gasteiger partial charge in [-0.2, -0.15) is 0 Å². The molecule has 0 aliphatic carbocycles. The zero-order valence-electron chi connectivity index (χ0n) is 10.1. The van der Waals surface area contributed by atoms with E-state index in [-0.39, 0.29) is 11.6 Å². The second-order valence-corrected chi connectivity index (χ2v) is 4.08. The maximum Gasteiger partial charge on any atom is 0.0823 e. The predicted molar refractivity (Wildman–Crippen MR) is 62.3 cm³/mol. The Labute approximate surface area is 88.5 Å². The first-order chi connectivity index (χ1) is 6.52. The van der Waals surface area contributed by atoms with E-state index in [0.717, 1.165) is 25.7 Å². The second kappa shape index (κ2) is 6.20. The molecule has 0 radical (unpaired) electrons. The summed E-state index contributed by atoms with van der Waals surface area (Å²) in [4.78, 5) is 0. The molecule has 0 amide bonds. The summed E-state index contributed by atoms with van der Waals surface area (Å²) >= 11 is 0. The Kier molecular flexibility index (Phi) is 6.05. The van der Waals surface area contributed by atoms with Crippen molar-refractivity contribution in [2.75, 3.05) is 7.11 Å². The molecule has 0 rings (SSSR count). The number of rotatable bonds is 7. The zero-order valence-corrected chi connectivity index (χ0v) is 10.1. The van der Waals surface area contributed by atoms with Gasteiger partial charge in [-0.05, 0) is 32.6 Å². The summed E-state index contributed by atoms with van der Waals surface area (Å²) in [5.74, 6) is 0. The van der Waals surface area contributed by atoms with Gasteiger partial charge in [-0.1, -0.05) is 19.4 Å². The highest BCUT2D eigenvalue weighted by Crippen LogP contribution is 2.26. The van der Waals surface area contributed by atoms with Gasteiger partial charge in [0.1, 0.15) is 0 Å². The first-order valence-corrected chi connectivity index (χ1v) is 5.47. The molecule has 14 heavy (non-hydrogen) atoms. The SMILES string of the molecule is C=C(C)CCC(N)C(CC)(CC)OC. The Morgan fingerprint density at radius 3 is 2.21 bits per heavy atom. The Bertz CT molecular complexity index is 165. The minimum Gasteiger partial charge on any atom is -0.377 e. The lowest BCUT2D eigenvalue weighted by Crippen LogP contribution is -2.48. The largest absolute Gasteiger partial charge is 0.377 e. The highest BCUT2D eigenvalue weighted by molar-refractivity contribution is 4.94. The Hall–Kier alpha value is -0.340. The van der Waals surface area contributed by atoms with Crippen LogP contribution in [0.25, 0.3) is 0 Å². The average molecular weight is 199 g/mol. The van der Waals surface area contributed by atoms with Gasteiger partial charge in [-0.15, -0.1) is 6.58 Å². The number of hydrogen-bond donors (Lipinski definition) is 1. The van der Waals surface area contributed by atoms with Crippen LogP contribution in [0.3, 0.4) is 0 Å². The second-order valence-electron chi connectivity index (χ2n) is 4.08. The van der Waals surface area contributed by atoms with Gasteiger partial charge in [-0.25, -0.2) is 0 Å². The number of allylic oxidation sites excluding steroid dienone is 1. The predicted octanol–water partition coefficient (Wildman–Crippen LogP) is 2.88. The Morgan fingerprint density at radius 2 is 1.93 bits per heavy atom. The molecule has 0 aromatic rings. The van der Waals surface area contributed by atoms with Crippen LogP contribution >= 0.6 is 0 Å². The summed E-state index contributed by atoms with van der Waals surface area (Å²) < 4.78 is 5.58. The third-order valence-corrected chi connectivity index (χ3v) is 3.16. The van der Waals surface area contributed by atoms with Gasteiger partial charge in [-0.3, -0.25) is 0 Å². The highest BCUT2D eigenvalue weighted by Gasteiger charge is 2.32. The van der Waals surface area contributed by atoms with Crippen molar-refractivity contribution in [1.82, 2.24) is 0 Å². The van der Waals surface area contributed by atoms with E-state index in [4.69, 9.17) is 10.5 Å². The van der Waals surface area contributed by atoms with Gasteiger partial charge < -0.3 is 10.5 Å². The van der Waals surface area contributed by atoms with Crippen LogP contribution in [0.2, 0.25) is 0 Å². The van der Waals surface area contributed by atoms with Crippen LogP contribution in [-0.2, 0) is 4.74 Å². The minimum atomic E-state index is -0.143.